The van der Waals surface area contributed by atoms with Crippen LogP contribution in [0.1, 0.15) is 59.8 Å². The number of hydrogen-bond donors (Lipinski definition) is 0. The molecule has 8 heteroatoms. The third-order valence-corrected chi connectivity index (χ3v) is 6.11. The van der Waals surface area contributed by atoms with E-state index < -0.39 is 21.2 Å². The molecule has 0 spiro atoms. The van der Waals surface area contributed by atoms with Crippen molar-refractivity contribution in [2.75, 3.05) is 38.2 Å². The van der Waals surface area contributed by atoms with E-state index >= 15 is 0 Å². The number of nitrogens with zero attached hydrogens (tertiary/aromatic N) is 2. The monoisotopic (exact) mass is 404 g/mol. The van der Waals surface area contributed by atoms with Gasteiger partial charge in [-0.3, -0.25) is 4.79 Å². The van der Waals surface area contributed by atoms with Crippen LogP contribution in [0.3, 0.4) is 0 Å². The number of sulfone groups is 1. The molecule has 0 N–H and O–H groups in total. The van der Waals surface area contributed by atoms with Crippen LogP contribution >= 0.6 is 0 Å². The van der Waals surface area contributed by atoms with Gasteiger partial charge in [0.1, 0.15) is 11.4 Å². The number of ether oxygens (including phenoxy) is 1. The lowest BCUT2D eigenvalue weighted by Crippen LogP contribution is -2.46. The summed E-state index contributed by atoms with van der Waals surface area (Å²) in [5.41, 5.74) is -0.550. The van der Waals surface area contributed by atoms with Gasteiger partial charge in [-0.1, -0.05) is 19.8 Å². The summed E-state index contributed by atoms with van der Waals surface area (Å²) in [5, 5.41) is 0. The molecule has 0 aliphatic carbocycles. The second-order valence-electron chi connectivity index (χ2n) is 8.51. The first kappa shape index (κ1) is 23.7. The normalized spacial score (nSPS) is 18.3. The van der Waals surface area contributed by atoms with Crippen LogP contribution in [0.5, 0.6) is 0 Å². The highest BCUT2D eigenvalue weighted by Crippen LogP contribution is 2.19. The van der Waals surface area contributed by atoms with Crippen LogP contribution in [0.4, 0.5) is 4.79 Å². The van der Waals surface area contributed by atoms with Crippen molar-refractivity contribution in [3.8, 4) is 0 Å². The van der Waals surface area contributed by atoms with Crippen LogP contribution in [0.2, 0.25) is 0 Å². The van der Waals surface area contributed by atoms with E-state index in [0.29, 0.717) is 26.1 Å². The van der Waals surface area contributed by atoms with Crippen molar-refractivity contribution < 1.29 is 22.7 Å². The van der Waals surface area contributed by atoms with Crippen molar-refractivity contribution in [2.24, 2.45) is 5.92 Å². The number of carbonyl (C=O) groups excluding carboxylic acids is 2. The predicted octanol–water partition coefficient (Wildman–Crippen LogP) is 2.70. The highest BCUT2D eigenvalue weighted by molar-refractivity contribution is 7.92. The molecule has 2 amide bonds. The number of carbonyl (C=O) groups is 2. The minimum atomic E-state index is -3.35. The molecule has 0 bridgehead atoms. The molecule has 158 valence electrons. The average Bonchev–Trinajstić information content (AvgIpc) is 2.53. The van der Waals surface area contributed by atoms with Crippen molar-refractivity contribution in [3.63, 3.8) is 0 Å². The zero-order chi connectivity index (χ0) is 20.7. The van der Waals surface area contributed by atoms with Gasteiger partial charge in [0.2, 0.25) is 5.91 Å². The Morgan fingerprint density at radius 3 is 2.48 bits per heavy atom. The molecule has 1 aliphatic rings. The molecule has 1 aliphatic heterocycles. The highest BCUT2D eigenvalue weighted by Gasteiger charge is 2.29. The smallest absolute Gasteiger partial charge is 0.410 e. The Morgan fingerprint density at radius 2 is 1.89 bits per heavy atom. The standard InChI is InChI=1S/C19H36N2O5S/c1-6-7-8-12-27(24,25)15-17(22)21-11-9-10-16(14-21)13-20(5)18(23)26-19(2,3)4/h16H,6-15H2,1-5H3. The van der Waals surface area contributed by atoms with E-state index in [9.17, 15) is 18.0 Å². The molecular weight excluding hydrogens is 368 g/mol. The van der Waals surface area contributed by atoms with E-state index in [-0.39, 0.29) is 23.7 Å². The molecule has 0 aromatic rings. The Labute approximate surface area is 164 Å². The van der Waals surface area contributed by atoms with Gasteiger partial charge in [-0.05, 0) is 46.0 Å². The van der Waals surface area contributed by atoms with Crippen LogP contribution in [-0.4, -0.2) is 74.0 Å². The summed E-state index contributed by atoms with van der Waals surface area (Å²) >= 11 is 0. The second kappa shape index (κ2) is 10.3. The van der Waals surface area contributed by atoms with Gasteiger partial charge in [0.15, 0.2) is 9.84 Å². The van der Waals surface area contributed by atoms with Crippen LogP contribution in [0.25, 0.3) is 0 Å². The summed E-state index contributed by atoms with van der Waals surface area (Å²) < 4.78 is 29.6. The van der Waals surface area contributed by atoms with E-state index in [1.165, 1.54) is 4.90 Å². The summed E-state index contributed by atoms with van der Waals surface area (Å²) in [5.74, 6) is -0.532. The van der Waals surface area contributed by atoms with Gasteiger partial charge in [0, 0.05) is 26.7 Å². The first-order chi connectivity index (χ1) is 12.4. The maximum absolute atomic E-state index is 12.4. The van der Waals surface area contributed by atoms with E-state index in [1.54, 1.807) is 11.9 Å². The van der Waals surface area contributed by atoms with E-state index in [1.807, 2.05) is 27.7 Å². The van der Waals surface area contributed by atoms with Gasteiger partial charge >= 0.3 is 6.09 Å². The summed E-state index contributed by atoms with van der Waals surface area (Å²) in [6, 6.07) is 0. The molecule has 0 radical (unpaired) electrons. The summed E-state index contributed by atoms with van der Waals surface area (Å²) in [7, 11) is -1.66. The van der Waals surface area contributed by atoms with Gasteiger partial charge in [-0.25, -0.2) is 13.2 Å². The molecule has 0 saturated carbocycles. The van der Waals surface area contributed by atoms with Crippen LogP contribution < -0.4 is 0 Å². The lowest BCUT2D eigenvalue weighted by molar-refractivity contribution is -0.130. The third-order valence-electron chi connectivity index (χ3n) is 4.51. The Bertz CT molecular complexity index is 598. The minimum Gasteiger partial charge on any atom is -0.444 e. The van der Waals surface area contributed by atoms with Gasteiger partial charge in [0.25, 0.3) is 0 Å². The second-order valence-corrected chi connectivity index (χ2v) is 10.7. The largest absolute Gasteiger partial charge is 0.444 e. The molecule has 1 unspecified atom stereocenters. The fourth-order valence-corrected chi connectivity index (χ4v) is 4.51. The number of amides is 2. The van der Waals surface area contributed by atoms with Gasteiger partial charge in [-0.2, -0.15) is 0 Å². The number of rotatable bonds is 8. The number of hydrogen-bond acceptors (Lipinski definition) is 5. The molecule has 1 atom stereocenters. The average molecular weight is 405 g/mol. The van der Waals surface area contributed by atoms with Crippen molar-refractivity contribution in [3.05, 3.63) is 0 Å². The first-order valence-electron chi connectivity index (χ1n) is 9.86. The van der Waals surface area contributed by atoms with E-state index in [2.05, 4.69) is 0 Å². The zero-order valence-corrected chi connectivity index (χ0v) is 18.3. The molecule has 0 aromatic carbocycles. The van der Waals surface area contributed by atoms with Crippen LogP contribution in [0, 0.1) is 5.92 Å². The summed E-state index contributed by atoms with van der Waals surface area (Å²) in [6.07, 6.45) is 3.74. The first-order valence-corrected chi connectivity index (χ1v) is 11.7. The SMILES string of the molecule is CCCCCS(=O)(=O)CC(=O)N1CCCC(CN(C)C(=O)OC(C)(C)C)C1. The Morgan fingerprint density at radius 1 is 1.22 bits per heavy atom. The minimum absolute atomic E-state index is 0.0746. The zero-order valence-electron chi connectivity index (χ0n) is 17.5. The van der Waals surface area contributed by atoms with E-state index in [4.69, 9.17) is 4.74 Å². The van der Waals surface area contributed by atoms with Gasteiger partial charge in [-0.15, -0.1) is 0 Å². The molecule has 1 saturated heterocycles. The van der Waals surface area contributed by atoms with Crippen molar-refractivity contribution in [2.45, 2.75) is 65.4 Å². The number of piperidine rings is 1. The Balaban J connectivity index is 2.53. The van der Waals surface area contributed by atoms with E-state index in [0.717, 1.165) is 25.7 Å². The third kappa shape index (κ3) is 9.44. The van der Waals surface area contributed by atoms with Crippen molar-refractivity contribution in [1.82, 2.24) is 9.80 Å². The number of unbranched alkanes of at least 4 members (excludes halogenated alkanes) is 2. The Kier molecular flexibility index (Phi) is 9.05. The molecule has 7 nitrogen and oxygen atoms in total. The van der Waals surface area contributed by atoms with Crippen molar-refractivity contribution >= 4 is 21.8 Å². The molecular formula is C19H36N2O5S. The maximum atomic E-state index is 12.4. The van der Waals surface area contributed by atoms with Crippen LogP contribution in [-0.2, 0) is 19.4 Å². The van der Waals surface area contributed by atoms with Crippen molar-refractivity contribution in [1.29, 1.82) is 0 Å². The quantitative estimate of drug-likeness (QED) is 0.581. The number of likely N-dealkylation sites (tertiary alicyclic amines) is 1. The van der Waals surface area contributed by atoms with Gasteiger partial charge < -0.3 is 14.5 Å². The Hall–Kier alpha value is -1.31. The summed E-state index contributed by atoms with van der Waals surface area (Å²) in [4.78, 5) is 27.7. The predicted molar refractivity (Wildman–Crippen MR) is 106 cm³/mol. The molecule has 1 fully saturated rings. The molecule has 27 heavy (non-hydrogen) atoms. The summed E-state index contributed by atoms with van der Waals surface area (Å²) in [6.45, 7) is 9.02. The fourth-order valence-electron chi connectivity index (χ4n) is 3.17. The lowest BCUT2D eigenvalue weighted by Gasteiger charge is -2.35. The molecule has 1 rings (SSSR count). The maximum Gasteiger partial charge on any atom is 0.410 e. The lowest BCUT2D eigenvalue weighted by atomic mass is 9.97. The molecule has 0 aromatic heterocycles. The topological polar surface area (TPSA) is 84.0 Å². The van der Waals surface area contributed by atoms with Crippen LogP contribution in [0.15, 0.2) is 0 Å². The molecule has 1 heterocycles. The fraction of sp³-hybridized carbons (Fsp3) is 0.895. The van der Waals surface area contributed by atoms with Gasteiger partial charge in [0.05, 0.1) is 5.75 Å². The highest BCUT2D eigenvalue weighted by atomic mass is 32.2.